The fourth-order valence-corrected chi connectivity index (χ4v) is 5.02. The van der Waals surface area contributed by atoms with Gasteiger partial charge in [-0.2, -0.15) is 13.2 Å². The third kappa shape index (κ3) is 6.80. The molecule has 0 aliphatic rings. The minimum atomic E-state index is -4.86. The first kappa shape index (κ1) is 28.0. The molecule has 3 rings (SSSR count). The number of carbonyl (C=O) groups is 2. The van der Waals surface area contributed by atoms with Crippen molar-refractivity contribution in [2.24, 2.45) is 0 Å². The molecule has 0 spiro atoms. The monoisotopic (exact) mass is 553 g/mol. The summed E-state index contributed by atoms with van der Waals surface area (Å²) in [7, 11) is -4.47. The van der Waals surface area contributed by atoms with Crippen LogP contribution in [0.4, 0.5) is 24.5 Å². The number of alkyl halides is 3. The lowest BCUT2D eigenvalue weighted by molar-refractivity contribution is -0.137. The second kappa shape index (κ2) is 11.7. The molecule has 0 aromatic heterocycles. The maximum absolute atomic E-state index is 13.5. The van der Waals surface area contributed by atoms with Gasteiger partial charge in [0.25, 0.3) is 15.9 Å². The van der Waals surface area contributed by atoms with E-state index in [-0.39, 0.29) is 16.1 Å². The first-order valence-corrected chi connectivity index (χ1v) is 12.9. The van der Waals surface area contributed by atoms with Crippen LogP contribution in [0.15, 0.2) is 77.7 Å². The smallest absolute Gasteiger partial charge is 0.352 e. The molecule has 0 fully saturated rings. The lowest BCUT2D eigenvalue weighted by Crippen LogP contribution is -2.38. The highest BCUT2D eigenvalue weighted by atomic mass is 35.5. The van der Waals surface area contributed by atoms with Crippen LogP contribution < -0.4 is 14.9 Å². The number of rotatable bonds is 9. The molecule has 0 heterocycles. The molecule has 7 nitrogen and oxygen atoms in total. The molecule has 2 N–H and O–H groups in total. The van der Waals surface area contributed by atoms with Gasteiger partial charge in [-0.1, -0.05) is 48.9 Å². The van der Waals surface area contributed by atoms with E-state index >= 15 is 0 Å². The molecular weight excluding hydrogens is 531 g/mol. The summed E-state index contributed by atoms with van der Waals surface area (Å²) in [6, 6.07) is 15.6. The molecule has 0 bridgehead atoms. The van der Waals surface area contributed by atoms with E-state index in [9.17, 15) is 31.2 Å². The molecule has 0 saturated heterocycles. The van der Waals surface area contributed by atoms with Crippen molar-refractivity contribution in [1.82, 2.24) is 5.32 Å². The van der Waals surface area contributed by atoms with Crippen molar-refractivity contribution in [3.63, 3.8) is 0 Å². The highest BCUT2D eigenvalue weighted by Gasteiger charge is 2.35. The number of carbonyl (C=O) groups excluding carboxylic acids is 2. The molecule has 0 aliphatic heterocycles. The van der Waals surface area contributed by atoms with E-state index < -0.39 is 50.8 Å². The molecule has 0 saturated carbocycles. The fraction of sp³-hybridized carbons (Fsp3) is 0.200. The summed E-state index contributed by atoms with van der Waals surface area (Å²) >= 11 is 5.71. The number of para-hydroxylation sites is 1. The van der Waals surface area contributed by atoms with Crippen LogP contribution in [0, 0.1) is 0 Å². The van der Waals surface area contributed by atoms with Gasteiger partial charge in [-0.05, 0) is 48.9 Å². The van der Waals surface area contributed by atoms with E-state index in [2.05, 4.69) is 10.6 Å². The lowest BCUT2D eigenvalue weighted by Gasteiger charge is -2.25. The second-order valence-corrected chi connectivity index (χ2v) is 10.1. The molecule has 0 radical (unpaired) electrons. The molecule has 0 atom stereocenters. The Morgan fingerprint density at radius 1 is 0.973 bits per heavy atom. The Bertz CT molecular complexity index is 1380. The van der Waals surface area contributed by atoms with Crippen molar-refractivity contribution in [3.8, 4) is 0 Å². The van der Waals surface area contributed by atoms with Gasteiger partial charge in [-0.15, -0.1) is 0 Å². The van der Waals surface area contributed by atoms with Crippen LogP contribution in [0.5, 0.6) is 0 Å². The van der Waals surface area contributed by atoms with Gasteiger partial charge in [0.15, 0.2) is 0 Å². The first-order valence-electron chi connectivity index (χ1n) is 11.1. The van der Waals surface area contributed by atoms with Crippen LogP contribution in [0.3, 0.4) is 0 Å². The van der Waals surface area contributed by atoms with Gasteiger partial charge in [0.1, 0.15) is 6.54 Å². The van der Waals surface area contributed by atoms with E-state index in [1.807, 2.05) is 6.92 Å². The average Bonchev–Trinajstić information content (AvgIpc) is 2.86. The van der Waals surface area contributed by atoms with Gasteiger partial charge in [0.05, 0.1) is 32.4 Å². The quantitative estimate of drug-likeness (QED) is 0.374. The highest BCUT2D eigenvalue weighted by Crippen LogP contribution is 2.38. The van der Waals surface area contributed by atoms with Gasteiger partial charge < -0.3 is 10.6 Å². The number of nitrogens with one attached hydrogen (secondary N) is 2. The topological polar surface area (TPSA) is 95.6 Å². The minimum Gasteiger partial charge on any atom is -0.352 e. The number of anilines is 2. The summed E-state index contributed by atoms with van der Waals surface area (Å²) < 4.78 is 67.9. The predicted octanol–water partition coefficient (Wildman–Crippen LogP) is 5.33. The zero-order valence-corrected chi connectivity index (χ0v) is 21.1. The lowest BCUT2D eigenvalue weighted by atomic mass is 10.1. The Morgan fingerprint density at radius 3 is 2.27 bits per heavy atom. The molecule has 37 heavy (non-hydrogen) atoms. The molecule has 12 heteroatoms. The van der Waals surface area contributed by atoms with Crippen molar-refractivity contribution in [1.29, 1.82) is 0 Å². The van der Waals surface area contributed by atoms with Gasteiger partial charge >= 0.3 is 6.18 Å². The normalized spacial score (nSPS) is 11.6. The Balaban J connectivity index is 2.00. The second-order valence-electron chi connectivity index (χ2n) is 7.84. The van der Waals surface area contributed by atoms with E-state index in [1.165, 1.54) is 36.4 Å². The number of hydrogen-bond acceptors (Lipinski definition) is 4. The Morgan fingerprint density at radius 2 is 1.62 bits per heavy atom. The number of hydrogen-bond donors (Lipinski definition) is 2. The molecule has 196 valence electrons. The summed E-state index contributed by atoms with van der Waals surface area (Å²) in [6.45, 7) is 1.40. The van der Waals surface area contributed by atoms with E-state index in [4.69, 9.17) is 11.6 Å². The molecule has 2 amide bonds. The maximum Gasteiger partial charge on any atom is 0.417 e. The van der Waals surface area contributed by atoms with E-state index in [0.29, 0.717) is 23.3 Å². The van der Waals surface area contributed by atoms with Gasteiger partial charge in [-0.3, -0.25) is 13.9 Å². The van der Waals surface area contributed by atoms with Crippen molar-refractivity contribution < 1.29 is 31.2 Å². The Kier molecular flexibility index (Phi) is 8.82. The Hall–Kier alpha value is -3.57. The third-order valence-corrected chi connectivity index (χ3v) is 7.26. The number of sulfonamides is 1. The molecule has 0 aliphatic carbocycles. The number of amides is 2. The largest absolute Gasteiger partial charge is 0.417 e. The van der Waals surface area contributed by atoms with Crippen molar-refractivity contribution in [3.05, 3.63) is 88.9 Å². The zero-order chi connectivity index (χ0) is 27.2. The average molecular weight is 554 g/mol. The summed E-state index contributed by atoms with van der Waals surface area (Å²) in [4.78, 5) is 25.3. The van der Waals surface area contributed by atoms with Gasteiger partial charge in [0, 0.05) is 6.54 Å². The summed E-state index contributed by atoms with van der Waals surface area (Å²) in [5, 5.41) is 4.56. The van der Waals surface area contributed by atoms with Crippen molar-refractivity contribution in [2.75, 3.05) is 22.7 Å². The van der Waals surface area contributed by atoms with Crippen LogP contribution >= 0.6 is 11.6 Å². The van der Waals surface area contributed by atoms with Crippen LogP contribution in [-0.2, 0) is 21.0 Å². The number of nitrogens with zero attached hydrogens (tertiary/aromatic N) is 1. The molecular formula is C25H23ClF3N3O4S. The van der Waals surface area contributed by atoms with E-state index in [0.717, 1.165) is 12.1 Å². The first-order chi connectivity index (χ1) is 17.4. The summed E-state index contributed by atoms with van der Waals surface area (Å²) in [6.07, 6.45) is -4.17. The maximum atomic E-state index is 13.5. The highest BCUT2D eigenvalue weighted by molar-refractivity contribution is 7.92. The summed E-state index contributed by atoms with van der Waals surface area (Å²) in [5.74, 6) is -1.32. The zero-order valence-electron chi connectivity index (χ0n) is 19.5. The minimum absolute atomic E-state index is 0.116. The number of benzene rings is 3. The molecule has 0 unspecified atom stereocenters. The summed E-state index contributed by atoms with van der Waals surface area (Å²) in [5.41, 5.74) is -1.40. The number of halogens is 4. The van der Waals surface area contributed by atoms with E-state index in [1.54, 1.807) is 18.2 Å². The van der Waals surface area contributed by atoms with Crippen LogP contribution in [0.2, 0.25) is 5.02 Å². The third-order valence-electron chi connectivity index (χ3n) is 5.14. The van der Waals surface area contributed by atoms with Crippen molar-refractivity contribution >= 4 is 44.8 Å². The van der Waals surface area contributed by atoms with Crippen molar-refractivity contribution in [2.45, 2.75) is 24.4 Å². The SMILES string of the molecule is CCCNC(=O)c1ccccc1NC(=O)CN(c1ccc(Cl)c(C(F)(F)F)c1)S(=O)(=O)c1ccccc1. The van der Waals surface area contributed by atoms with Crippen LogP contribution in [0.25, 0.3) is 0 Å². The standard InChI is InChI=1S/C25H23ClF3N3O4S/c1-2-14-30-24(34)19-10-6-7-11-22(19)31-23(33)16-32(37(35,36)18-8-4-3-5-9-18)17-12-13-21(26)20(15-17)25(27,28)29/h3-13,15H,2,14,16H2,1H3,(H,30,34)(H,31,33). The van der Waals surface area contributed by atoms with Crippen LogP contribution in [0.1, 0.15) is 29.3 Å². The van der Waals surface area contributed by atoms with Crippen LogP contribution in [-0.4, -0.2) is 33.3 Å². The molecule has 3 aromatic rings. The predicted molar refractivity (Wildman–Crippen MR) is 135 cm³/mol. The van der Waals surface area contributed by atoms with Gasteiger partial charge in [-0.25, -0.2) is 8.42 Å². The Labute approximate surface area is 217 Å². The fourth-order valence-electron chi connectivity index (χ4n) is 3.36. The van der Waals surface area contributed by atoms with Gasteiger partial charge in [0.2, 0.25) is 5.91 Å². The molecule has 3 aromatic carbocycles.